The molecule has 1 aliphatic heterocycles. The second kappa shape index (κ2) is 9.31. The van der Waals surface area contributed by atoms with Crippen LogP contribution in [0.5, 0.6) is 0 Å². The Morgan fingerprint density at radius 1 is 1.31 bits per heavy atom. The minimum Gasteiger partial charge on any atom is -0.480 e. The minimum atomic E-state index is -3.65. The standard InChI is InChI=1S/C18H27N2O5P/c1-14(17(21)20-12-7-11-16(20)18(22)23)19-26(24,25)13-6-5-10-15-8-3-2-4-9-15/h2-4,8-9,14,16H,5-7,10-13H2,1H3,(H,22,23)(H2,19,24,25)/t14-,16-/m0/s1. The topological polar surface area (TPSA) is 107 Å². The summed E-state index contributed by atoms with van der Waals surface area (Å²) in [7, 11) is -3.65. The summed E-state index contributed by atoms with van der Waals surface area (Å²) in [6.45, 7) is 1.88. The first-order chi connectivity index (χ1) is 12.3. The highest BCUT2D eigenvalue weighted by Gasteiger charge is 2.37. The summed E-state index contributed by atoms with van der Waals surface area (Å²) in [4.78, 5) is 35.0. The Hall–Kier alpha value is -1.69. The van der Waals surface area contributed by atoms with Crippen molar-refractivity contribution in [1.29, 1.82) is 0 Å². The fraction of sp³-hybridized carbons (Fsp3) is 0.556. The van der Waals surface area contributed by atoms with Crippen LogP contribution in [0.2, 0.25) is 0 Å². The quantitative estimate of drug-likeness (QED) is 0.447. The molecule has 7 nitrogen and oxygen atoms in total. The van der Waals surface area contributed by atoms with Crippen molar-refractivity contribution in [2.45, 2.75) is 51.1 Å². The Bertz CT molecular complexity index is 667. The van der Waals surface area contributed by atoms with Gasteiger partial charge in [-0.1, -0.05) is 30.3 Å². The number of nitrogens with zero attached hydrogens (tertiary/aromatic N) is 1. The number of nitrogens with one attached hydrogen (secondary N) is 1. The van der Waals surface area contributed by atoms with Crippen molar-refractivity contribution < 1.29 is 24.2 Å². The summed E-state index contributed by atoms with van der Waals surface area (Å²) in [5.74, 6) is -1.47. The lowest BCUT2D eigenvalue weighted by Gasteiger charge is -2.26. The number of amides is 1. The van der Waals surface area contributed by atoms with Crippen LogP contribution in [0.3, 0.4) is 0 Å². The molecule has 1 unspecified atom stereocenters. The molecule has 1 aromatic carbocycles. The van der Waals surface area contributed by atoms with E-state index < -0.39 is 31.5 Å². The molecule has 2 rings (SSSR count). The Kier molecular flexibility index (Phi) is 7.38. The highest BCUT2D eigenvalue weighted by molar-refractivity contribution is 7.55. The highest BCUT2D eigenvalue weighted by Crippen LogP contribution is 2.37. The third kappa shape index (κ3) is 5.94. The molecular formula is C18H27N2O5P. The smallest absolute Gasteiger partial charge is 0.326 e. The summed E-state index contributed by atoms with van der Waals surface area (Å²) in [5.41, 5.74) is 1.19. The maximum Gasteiger partial charge on any atom is 0.326 e. The lowest BCUT2D eigenvalue weighted by atomic mass is 10.1. The van der Waals surface area contributed by atoms with Gasteiger partial charge < -0.3 is 14.9 Å². The number of benzene rings is 1. The van der Waals surface area contributed by atoms with Crippen LogP contribution in [-0.4, -0.2) is 51.6 Å². The molecule has 1 aliphatic rings. The molecule has 0 aliphatic carbocycles. The van der Waals surface area contributed by atoms with Crippen molar-refractivity contribution in [3.05, 3.63) is 35.9 Å². The number of aliphatic carboxylic acids is 1. The van der Waals surface area contributed by atoms with E-state index in [1.165, 1.54) is 17.4 Å². The number of carboxylic acid groups (broad SMARTS) is 1. The van der Waals surface area contributed by atoms with Gasteiger partial charge in [-0.05, 0) is 44.6 Å². The minimum absolute atomic E-state index is 0.0831. The molecule has 3 atom stereocenters. The van der Waals surface area contributed by atoms with Crippen LogP contribution in [0.1, 0.15) is 38.2 Å². The number of likely N-dealkylation sites (tertiary alicyclic amines) is 1. The number of hydrogen-bond acceptors (Lipinski definition) is 3. The third-order valence-corrected chi connectivity index (χ3v) is 6.32. The summed E-state index contributed by atoms with van der Waals surface area (Å²) in [5, 5.41) is 11.7. The van der Waals surface area contributed by atoms with Crippen LogP contribution < -0.4 is 5.09 Å². The first kappa shape index (κ1) is 20.6. The molecule has 3 N–H and O–H groups in total. The van der Waals surface area contributed by atoms with Crippen molar-refractivity contribution in [2.75, 3.05) is 12.7 Å². The molecule has 0 aromatic heterocycles. The zero-order valence-electron chi connectivity index (χ0n) is 15.0. The van der Waals surface area contributed by atoms with E-state index in [1.54, 1.807) is 0 Å². The third-order valence-electron chi connectivity index (χ3n) is 4.61. The predicted octanol–water partition coefficient (Wildman–Crippen LogP) is 2.25. The lowest BCUT2D eigenvalue weighted by Crippen LogP contribution is -2.48. The molecule has 1 aromatic rings. The van der Waals surface area contributed by atoms with Gasteiger partial charge in [-0.15, -0.1) is 0 Å². The molecule has 1 fully saturated rings. The SMILES string of the molecule is C[C@H](NP(=O)(O)CCCCc1ccccc1)C(=O)N1CCC[C@H]1C(=O)O. The van der Waals surface area contributed by atoms with Gasteiger partial charge in [-0.3, -0.25) is 9.36 Å². The van der Waals surface area contributed by atoms with E-state index in [4.69, 9.17) is 5.11 Å². The van der Waals surface area contributed by atoms with Crippen molar-refractivity contribution in [1.82, 2.24) is 9.99 Å². The Labute approximate surface area is 153 Å². The summed E-state index contributed by atoms with van der Waals surface area (Å²) >= 11 is 0. The van der Waals surface area contributed by atoms with Gasteiger partial charge in [-0.2, -0.15) is 0 Å². The normalized spacial score (nSPS) is 20.5. The number of rotatable bonds is 9. The number of carbonyl (C=O) groups excluding carboxylic acids is 1. The molecule has 0 spiro atoms. The van der Waals surface area contributed by atoms with E-state index in [9.17, 15) is 19.0 Å². The van der Waals surface area contributed by atoms with Crippen LogP contribution in [0.25, 0.3) is 0 Å². The molecule has 0 bridgehead atoms. The van der Waals surface area contributed by atoms with Gasteiger partial charge in [-0.25, -0.2) is 9.88 Å². The molecule has 1 saturated heterocycles. The van der Waals surface area contributed by atoms with Gasteiger partial charge in [0.2, 0.25) is 5.91 Å². The average Bonchev–Trinajstić information content (AvgIpc) is 3.08. The van der Waals surface area contributed by atoms with E-state index >= 15 is 0 Å². The Morgan fingerprint density at radius 3 is 2.65 bits per heavy atom. The fourth-order valence-electron chi connectivity index (χ4n) is 3.26. The monoisotopic (exact) mass is 382 g/mol. The Morgan fingerprint density at radius 2 is 2.00 bits per heavy atom. The average molecular weight is 382 g/mol. The number of hydrogen-bond donors (Lipinski definition) is 3. The molecule has 0 radical (unpaired) electrons. The van der Waals surface area contributed by atoms with Crippen LogP contribution in [0, 0.1) is 0 Å². The van der Waals surface area contributed by atoms with E-state index in [0.717, 1.165) is 12.8 Å². The van der Waals surface area contributed by atoms with Crippen LogP contribution >= 0.6 is 7.52 Å². The summed E-state index contributed by atoms with van der Waals surface area (Å²) in [6, 6.07) is 8.19. The van der Waals surface area contributed by atoms with Gasteiger partial charge in [0.05, 0.1) is 6.04 Å². The summed E-state index contributed by atoms with van der Waals surface area (Å²) in [6.07, 6.45) is 3.32. The molecule has 0 saturated carbocycles. The second-order valence-corrected chi connectivity index (χ2v) is 8.86. The maximum atomic E-state index is 12.4. The molecule has 1 amide bonds. The molecular weight excluding hydrogens is 355 g/mol. The van der Waals surface area contributed by atoms with Crippen molar-refractivity contribution in [3.8, 4) is 0 Å². The zero-order chi connectivity index (χ0) is 19.2. The van der Waals surface area contributed by atoms with Gasteiger partial charge >= 0.3 is 5.97 Å². The van der Waals surface area contributed by atoms with Crippen LogP contribution in [0.15, 0.2) is 30.3 Å². The first-order valence-corrected chi connectivity index (χ1v) is 10.8. The predicted molar refractivity (Wildman–Crippen MR) is 99.0 cm³/mol. The fourth-order valence-corrected chi connectivity index (χ4v) is 4.76. The van der Waals surface area contributed by atoms with Crippen molar-refractivity contribution in [2.24, 2.45) is 0 Å². The molecule has 144 valence electrons. The van der Waals surface area contributed by atoms with Crippen molar-refractivity contribution in [3.63, 3.8) is 0 Å². The van der Waals surface area contributed by atoms with Gasteiger partial charge in [0.15, 0.2) is 0 Å². The molecule has 1 heterocycles. The largest absolute Gasteiger partial charge is 0.480 e. The van der Waals surface area contributed by atoms with Gasteiger partial charge in [0.1, 0.15) is 6.04 Å². The van der Waals surface area contributed by atoms with E-state index in [0.29, 0.717) is 25.8 Å². The Balaban J connectivity index is 1.79. The van der Waals surface area contributed by atoms with Gasteiger partial charge in [0, 0.05) is 12.7 Å². The summed E-state index contributed by atoms with van der Waals surface area (Å²) < 4.78 is 12.3. The molecule has 26 heavy (non-hydrogen) atoms. The zero-order valence-corrected chi connectivity index (χ0v) is 15.9. The number of carbonyl (C=O) groups is 2. The lowest BCUT2D eigenvalue weighted by molar-refractivity contribution is -0.148. The number of unbranched alkanes of at least 4 members (excludes halogenated alkanes) is 1. The second-order valence-electron chi connectivity index (χ2n) is 6.75. The van der Waals surface area contributed by atoms with Crippen LogP contribution in [0.4, 0.5) is 0 Å². The number of carboxylic acids is 1. The van der Waals surface area contributed by atoms with E-state index in [1.807, 2.05) is 30.3 Å². The van der Waals surface area contributed by atoms with E-state index in [-0.39, 0.29) is 6.16 Å². The van der Waals surface area contributed by atoms with Gasteiger partial charge in [0.25, 0.3) is 7.52 Å². The van der Waals surface area contributed by atoms with E-state index in [2.05, 4.69) is 5.09 Å². The molecule has 8 heteroatoms. The number of aryl methyl sites for hydroxylation is 1. The maximum absolute atomic E-state index is 12.4. The van der Waals surface area contributed by atoms with Crippen LogP contribution in [-0.2, 0) is 20.6 Å². The first-order valence-electron chi connectivity index (χ1n) is 8.97. The highest BCUT2D eigenvalue weighted by atomic mass is 31.2. The van der Waals surface area contributed by atoms with Crippen molar-refractivity contribution >= 4 is 19.4 Å².